The van der Waals surface area contributed by atoms with Gasteiger partial charge in [0.25, 0.3) is 5.56 Å². The Morgan fingerprint density at radius 3 is 2.53 bits per heavy atom. The molecule has 16 heteroatoms. The normalized spacial score (nSPS) is 21.7. The van der Waals surface area contributed by atoms with Gasteiger partial charge in [0.2, 0.25) is 11.8 Å². The maximum atomic E-state index is 15.0. The second kappa shape index (κ2) is 18.9. The molecule has 0 radical (unpaired) electrons. The molecule has 4 fully saturated rings. The van der Waals surface area contributed by atoms with E-state index in [0.29, 0.717) is 41.2 Å². The van der Waals surface area contributed by atoms with E-state index < -0.39 is 11.9 Å². The number of aromatic nitrogens is 2. The number of piperidine rings is 2. The number of rotatable bonds is 10. The van der Waals surface area contributed by atoms with Crippen molar-refractivity contribution in [1.29, 1.82) is 5.26 Å². The van der Waals surface area contributed by atoms with Crippen LogP contribution in [0.25, 0.3) is 10.9 Å². The Balaban J connectivity index is 0.000000182. The number of nitrogens with one attached hydrogen (secondary N) is 4. The highest BCUT2D eigenvalue weighted by atomic mass is 32.2. The van der Waals surface area contributed by atoms with Crippen molar-refractivity contribution in [1.82, 2.24) is 24.5 Å². The number of halogens is 2. The van der Waals surface area contributed by atoms with Crippen LogP contribution in [-0.2, 0) is 14.3 Å². The lowest BCUT2D eigenvalue weighted by molar-refractivity contribution is -0.133. The largest absolute Gasteiger partial charge is 0.453 e. The number of likely N-dealkylation sites (tertiary alicyclic amines) is 1. The van der Waals surface area contributed by atoms with E-state index in [-0.39, 0.29) is 51.8 Å². The molecule has 59 heavy (non-hydrogen) atoms. The summed E-state index contributed by atoms with van der Waals surface area (Å²) in [5.74, 6) is -1.19. The molecule has 0 bridgehead atoms. The van der Waals surface area contributed by atoms with Gasteiger partial charge in [0.05, 0.1) is 28.5 Å². The number of imide groups is 1. The Hall–Kier alpha value is -5.08. The smallest absolute Gasteiger partial charge is 0.258 e. The number of fused-ring (bicyclic) bond motifs is 1. The highest BCUT2D eigenvalue weighted by Crippen LogP contribution is 2.41. The van der Waals surface area contributed by atoms with Gasteiger partial charge in [-0.05, 0) is 119 Å². The highest BCUT2D eigenvalue weighted by Gasteiger charge is 2.40. The summed E-state index contributed by atoms with van der Waals surface area (Å²) in [5.41, 5.74) is 2.16. The van der Waals surface area contributed by atoms with Gasteiger partial charge in [0.15, 0.2) is 11.6 Å². The third-order valence-electron chi connectivity index (χ3n) is 11.9. The third-order valence-corrected chi connectivity index (χ3v) is 12.8. The van der Waals surface area contributed by atoms with Crippen molar-refractivity contribution < 1.29 is 27.8 Å². The van der Waals surface area contributed by atoms with Gasteiger partial charge in [0, 0.05) is 56.5 Å². The van der Waals surface area contributed by atoms with Crippen LogP contribution in [0, 0.1) is 23.0 Å². The van der Waals surface area contributed by atoms with Crippen molar-refractivity contribution in [2.45, 2.75) is 94.7 Å². The molecule has 1 atom stereocenters. The fourth-order valence-corrected chi connectivity index (χ4v) is 9.01. The van der Waals surface area contributed by atoms with E-state index in [1.54, 1.807) is 12.1 Å². The van der Waals surface area contributed by atoms with Crippen LogP contribution < -0.4 is 25.7 Å². The zero-order valence-electron chi connectivity index (χ0n) is 33.3. The minimum atomic E-state index is -0.675. The molecular formula is C43H50F2N8O5S. The first-order chi connectivity index (χ1) is 28.5. The van der Waals surface area contributed by atoms with Crippen LogP contribution >= 0.6 is 12.1 Å². The van der Waals surface area contributed by atoms with Gasteiger partial charge in [-0.3, -0.25) is 19.7 Å². The number of carbonyl (C=O) groups excluding carboxylic acids is 2. The molecule has 1 aliphatic carbocycles. The molecule has 8 rings (SSSR count). The second-order valence-electron chi connectivity index (χ2n) is 15.6. The quantitative estimate of drug-likeness (QED) is 0.0929. The summed E-state index contributed by atoms with van der Waals surface area (Å²) in [7, 11) is 1.88. The van der Waals surface area contributed by atoms with Crippen molar-refractivity contribution in [3.05, 3.63) is 88.0 Å². The average molecular weight is 829 g/mol. The fourth-order valence-electron chi connectivity index (χ4n) is 8.45. The molecule has 4 N–H and O–H groups in total. The lowest BCUT2D eigenvalue weighted by Gasteiger charge is -2.44. The van der Waals surface area contributed by atoms with E-state index in [4.69, 9.17) is 9.47 Å². The summed E-state index contributed by atoms with van der Waals surface area (Å²) in [5, 5.41) is 15.2. The van der Waals surface area contributed by atoms with Crippen LogP contribution in [0.3, 0.4) is 0 Å². The highest BCUT2D eigenvalue weighted by molar-refractivity contribution is 7.98. The number of amides is 2. The van der Waals surface area contributed by atoms with E-state index in [9.17, 15) is 28.4 Å². The topological polar surface area (TPSA) is 165 Å². The maximum absolute atomic E-state index is 15.0. The zero-order valence-corrected chi connectivity index (χ0v) is 34.1. The first kappa shape index (κ1) is 42.1. The van der Waals surface area contributed by atoms with E-state index in [2.05, 4.69) is 30.2 Å². The lowest BCUT2D eigenvalue weighted by atomic mass is 9.79. The molecule has 4 aliphatic rings. The molecule has 13 nitrogen and oxygen atoms in total. The Morgan fingerprint density at radius 2 is 1.83 bits per heavy atom. The van der Waals surface area contributed by atoms with Gasteiger partial charge in [0.1, 0.15) is 29.2 Å². The van der Waals surface area contributed by atoms with Gasteiger partial charge in [-0.1, -0.05) is 13.0 Å². The molecule has 1 unspecified atom stereocenters. The molecule has 2 amide bonds. The molecule has 3 aliphatic heterocycles. The van der Waals surface area contributed by atoms with Crippen molar-refractivity contribution in [3.63, 3.8) is 0 Å². The molecule has 312 valence electrons. The fraction of sp³-hybridized carbons (Fsp3) is 0.465. The van der Waals surface area contributed by atoms with Gasteiger partial charge < -0.3 is 29.4 Å². The maximum Gasteiger partial charge on any atom is 0.258 e. The van der Waals surface area contributed by atoms with Crippen LogP contribution in [0.4, 0.5) is 20.2 Å². The van der Waals surface area contributed by atoms with Crippen LogP contribution in [-0.4, -0.2) is 82.0 Å². The zero-order chi connectivity index (χ0) is 41.5. The number of hydrogen-bond donors (Lipinski definition) is 4. The Labute approximate surface area is 346 Å². The average Bonchev–Trinajstić information content (AvgIpc) is 3.70. The van der Waals surface area contributed by atoms with Crippen molar-refractivity contribution >= 4 is 46.2 Å². The summed E-state index contributed by atoms with van der Waals surface area (Å²) in [6.45, 7) is 5.95. The van der Waals surface area contributed by atoms with Gasteiger partial charge in [-0.15, -0.1) is 0 Å². The summed E-state index contributed by atoms with van der Waals surface area (Å²) in [4.78, 5) is 44.3. The first-order valence-electron chi connectivity index (χ1n) is 20.3. The number of nitriles is 1. The number of nitrogens with zero attached hydrogens (tertiary/aromatic N) is 4. The number of H-pyrrole nitrogens is 1. The number of anilines is 2. The molecule has 1 aromatic heterocycles. The number of ether oxygens (including phenoxy) is 2. The monoisotopic (exact) mass is 828 g/mol. The van der Waals surface area contributed by atoms with E-state index >= 15 is 0 Å². The van der Waals surface area contributed by atoms with Crippen molar-refractivity contribution in [2.75, 3.05) is 43.3 Å². The summed E-state index contributed by atoms with van der Waals surface area (Å²) >= 11 is 1.28. The Morgan fingerprint density at radius 1 is 1.03 bits per heavy atom. The number of benzene rings is 3. The standard InChI is InChI=1S/C25H34FN3O3.C18H16FN5O2S/c26-21-16-18(27-22-8-9-23(30)28-24(22)31)4-7-20(21)17-2-5-19(6-3-17)29-13-11-25(12-14-29)10-1-15-32-25;1-3-24(2)27-23-16-7-5-14(19)17(13(16)9-20)26-11-4-6-15-12(8-11)18(25)22-10-21-15/h4,7,16-17,19,22,27H,1-3,5-6,8-15H2,(H,28,30,31);4-8,10,23H,3H2,1-2H3,(H,21,22,25). The van der Waals surface area contributed by atoms with Crippen LogP contribution in [0.2, 0.25) is 0 Å². The van der Waals surface area contributed by atoms with Gasteiger partial charge >= 0.3 is 0 Å². The Bertz CT molecular complexity index is 2250. The van der Waals surface area contributed by atoms with Crippen molar-refractivity contribution in [3.8, 4) is 17.6 Å². The van der Waals surface area contributed by atoms with E-state index in [0.717, 1.165) is 70.3 Å². The number of hydrogen-bond acceptors (Lipinski definition) is 12. The predicted molar refractivity (Wildman–Crippen MR) is 223 cm³/mol. The summed E-state index contributed by atoms with van der Waals surface area (Å²) < 4.78 is 45.9. The molecule has 4 heterocycles. The minimum absolute atomic E-state index is 0.0344. The lowest BCUT2D eigenvalue weighted by Crippen LogP contribution is -2.48. The predicted octanol–water partition coefficient (Wildman–Crippen LogP) is 7.37. The van der Waals surface area contributed by atoms with Crippen LogP contribution in [0.5, 0.6) is 11.5 Å². The summed E-state index contributed by atoms with van der Waals surface area (Å²) in [6.07, 6.45) is 11.0. The van der Waals surface area contributed by atoms with Gasteiger partial charge in [-0.25, -0.2) is 18.1 Å². The van der Waals surface area contributed by atoms with Crippen molar-refractivity contribution in [2.24, 2.45) is 0 Å². The second-order valence-corrected chi connectivity index (χ2v) is 16.6. The SMILES string of the molecule is CCN(C)SNc1ccc(F)c(Oc2ccc3nc[nH]c(=O)c3c2)c1C#N.O=C1CCC(Nc2ccc(C3CCC(N4CCC5(CCCO5)CC4)CC3)c(F)c2)C(=O)N1. The molecule has 1 spiro atoms. The van der Waals surface area contributed by atoms with E-state index in [1.807, 2.05) is 36.5 Å². The van der Waals surface area contributed by atoms with Crippen LogP contribution in [0.15, 0.2) is 59.7 Å². The minimum Gasteiger partial charge on any atom is -0.453 e. The first-order valence-corrected chi connectivity index (χ1v) is 21.1. The number of aromatic amines is 1. The van der Waals surface area contributed by atoms with Crippen LogP contribution in [0.1, 0.15) is 88.2 Å². The molecule has 3 aromatic carbocycles. The third kappa shape index (κ3) is 10.0. The molecule has 3 saturated heterocycles. The Kier molecular flexibility index (Phi) is 13.5. The summed E-state index contributed by atoms with van der Waals surface area (Å²) in [6, 6.07) is 14.6. The molecule has 1 saturated carbocycles. The van der Waals surface area contributed by atoms with Gasteiger partial charge in [-0.2, -0.15) is 5.26 Å². The molecule has 4 aromatic rings. The van der Waals surface area contributed by atoms with E-state index in [1.165, 1.54) is 55.6 Å². The molecular weight excluding hydrogens is 779 g/mol. The number of carbonyl (C=O) groups is 2.